The number of aliphatic hydroxyl groups is 1. The molecular formula is C26H33N3O5. The quantitative estimate of drug-likeness (QED) is 0.639. The van der Waals surface area contributed by atoms with Crippen molar-refractivity contribution < 1.29 is 24.1 Å². The summed E-state index contributed by atoms with van der Waals surface area (Å²) in [4.78, 5) is 2.31. The van der Waals surface area contributed by atoms with E-state index in [2.05, 4.69) is 24.1 Å². The van der Waals surface area contributed by atoms with Crippen LogP contribution in [0.2, 0.25) is 0 Å². The van der Waals surface area contributed by atoms with Gasteiger partial charge in [0.25, 0.3) is 0 Å². The lowest BCUT2D eigenvalue weighted by Gasteiger charge is -2.34. The molecule has 0 amide bonds. The molecule has 2 heterocycles. The van der Waals surface area contributed by atoms with E-state index in [1.54, 1.807) is 28.4 Å². The lowest BCUT2D eigenvalue weighted by atomic mass is 9.83. The molecule has 0 spiro atoms. The Balaban J connectivity index is 1.73. The number of nitrogens with zero attached hydrogens (tertiary/aromatic N) is 3. The Hall–Kier alpha value is -3.23. The maximum absolute atomic E-state index is 9.76. The number of hydrazone groups is 1. The van der Waals surface area contributed by atoms with Crippen LogP contribution >= 0.6 is 0 Å². The maximum atomic E-state index is 9.76. The molecule has 182 valence electrons. The highest BCUT2D eigenvalue weighted by Crippen LogP contribution is 2.43. The van der Waals surface area contributed by atoms with Gasteiger partial charge in [0.1, 0.15) is 0 Å². The first-order valence-corrected chi connectivity index (χ1v) is 11.3. The molecule has 0 saturated carbocycles. The summed E-state index contributed by atoms with van der Waals surface area (Å²) in [5, 5.41) is 16.8. The van der Waals surface area contributed by atoms with E-state index >= 15 is 0 Å². The minimum atomic E-state index is -0.0153. The first-order chi connectivity index (χ1) is 16.5. The van der Waals surface area contributed by atoms with Crippen molar-refractivity contribution in [1.82, 2.24) is 9.91 Å². The van der Waals surface area contributed by atoms with Gasteiger partial charge in [-0.25, -0.2) is 0 Å². The highest BCUT2D eigenvalue weighted by atomic mass is 16.5. The summed E-state index contributed by atoms with van der Waals surface area (Å²) >= 11 is 0. The monoisotopic (exact) mass is 467 g/mol. The average Bonchev–Trinajstić information content (AvgIpc) is 3.21. The number of aliphatic hydroxyl groups excluding tert-OH is 1. The largest absolute Gasteiger partial charge is 0.493 e. The van der Waals surface area contributed by atoms with Gasteiger partial charge in [-0.05, 0) is 54.1 Å². The number of hydrogen-bond donors (Lipinski definition) is 1. The van der Waals surface area contributed by atoms with Gasteiger partial charge >= 0.3 is 0 Å². The van der Waals surface area contributed by atoms with Crippen molar-refractivity contribution in [2.75, 3.05) is 61.7 Å². The second-order valence-electron chi connectivity index (χ2n) is 8.52. The van der Waals surface area contributed by atoms with Crippen molar-refractivity contribution in [2.45, 2.75) is 6.04 Å². The van der Waals surface area contributed by atoms with Crippen LogP contribution in [-0.2, 0) is 0 Å². The minimum absolute atomic E-state index is 0.0153. The topological polar surface area (TPSA) is 76.0 Å². The van der Waals surface area contributed by atoms with E-state index in [4.69, 9.17) is 24.0 Å². The van der Waals surface area contributed by atoms with E-state index in [0.29, 0.717) is 29.5 Å². The highest BCUT2D eigenvalue weighted by molar-refractivity contribution is 6.07. The van der Waals surface area contributed by atoms with Crippen LogP contribution in [0, 0.1) is 5.92 Å². The van der Waals surface area contributed by atoms with Crippen molar-refractivity contribution in [1.29, 1.82) is 0 Å². The number of likely N-dealkylation sites (tertiary alicyclic amines) is 1. The summed E-state index contributed by atoms with van der Waals surface area (Å²) in [7, 11) is 8.67. The zero-order chi connectivity index (χ0) is 24.2. The number of β-amino-alcohol motifs (C(OH)–C–C–N with tert-alkyl or cyclic N) is 1. The predicted octanol–water partition coefficient (Wildman–Crippen LogP) is 3.07. The van der Waals surface area contributed by atoms with E-state index < -0.39 is 0 Å². The molecule has 2 aliphatic rings. The zero-order valence-electron chi connectivity index (χ0n) is 20.4. The van der Waals surface area contributed by atoms with Crippen LogP contribution in [0.25, 0.3) is 6.08 Å². The molecule has 34 heavy (non-hydrogen) atoms. The molecule has 1 fully saturated rings. The molecule has 1 saturated heterocycles. The highest BCUT2D eigenvalue weighted by Gasteiger charge is 2.42. The van der Waals surface area contributed by atoms with E-state index in [9.17, 15) is 5.11 Å². The molecule has 8 heteroatoms. The average molecular weight is 468 g/mol. The van der Waals surface area contributed by atoms with E-state index in [1.165, 1.54) is 0 Å². The maximum Gasteiger partial charge on any atom is 0.161 e. The first-order valence-electron chi connectivity index (χ1n) is 11.3. The molecule has 0 bridgehead atoms. The summed E-state index contributed by atoms with van der Waals surface area (Å²) in [5.41, 5.74) is 4.31. The molecule has 2 atom stereocenters. The Labute approximate surface area is 201 Å². The molecule has 8 nitrogen and oxygen atoms in total. The molecule has 0 aromatic heterocycles. The number of likely N-dealkylation sites (N-methyl/N-ethyl adjacent to an activating group) is 1. The number of hydrogen-bond acceptors (Lipinski definition) is 8. The Bertz CT molecular complexity index is 1080. The van der Waals surface area contributed by atoms with Crippen LogP contribution in [0.3, 0.4) is 0 Å². The van der Waals surface area contributed by atoms with Gasteiger partial charge in [0.15, 0.2) is 23.0 Å². The molecule has 4 rings (SSSR count). The lowest BCUT2D eigenvalue weighted by molar-refractivity contribution is 0.143. The number of rotatable bonds is 8. The third kappa shape index (κ3) is 4.56. The van der Waals surface area contributed by atoms with Gasteiger partial charge in [0.05, 0.1) is 53.3 Å². The molecule has 2 unspecified atom stereocenters. The van der Waals surface area contributed by atoms with Gasteiger partial charge in [0.2, 0.25) is 0 Å². The summed E-state index contributed by atoms with van der Waals surface area (Å²) in [6.45, 7) is 2.13. The zero-order valence-corrected chi connectivity index (χ0v) is 20.4. The van der Waals surface area contributed by atoms with Gasteiger partial charge in [-0.3, -0.25) is 5.01 Å². The Morgan fingerprint density at radius 2 is 1.59 bits per heavy atom. The smallest absolute Gasteiger partial charge is 0.161 e. The van der Waals surface area contributed by atoms with Crippen molar-refractivity contribution in [3.8, 4) is 23.0 Å². The Morgan fingerprint density at radius 1 is 0.941 bits per heavy atom. The predicted molar refractivity (Wildman–Crippen MR) is 132 cm³/mol. The van der Waals surface area contributed by atoms with Crippen LogP contribution in [0.5, 0.6) is 23.0 Å². The summed E-state index contributed by atoms with van der Waals surface area (Å²) in [6, 6.07) is 11.9. The molecule has 0 aliphatic carbocycles. The number of ether oxygens (including phenoxy) is 4. The molecule has 2 aromatic rings. The van der Waals surface area contributed by atoms with E-state index in [0.717, 1.165) is 35.5 Å². The van der Waals surface area contributed by atoms with Crippen molar-refractivity contribution >= 4 is 11.8 Å². The first kappa shape index (κ1) is 23.9. The minimum Gasteiger partial charge on any atom is -0.493 e. The summed E-state index contributed by atoms with van der Waals surface area (Å²) in [6.07, 6.45) is 2.16. The number of piperidine rings is 1. The van der Waals surface area contributed by atoms with Gasteiger partial charge in [0, 0.05) is 19.0 Å². The van der Waals surface area contributed by atoms with Gasteiger partial charge < -0.3 is 29.0 Å². The normalized spacial score (nSPS) is 21.3. The third-order valence-electron chi connectivity index (χ3n) is 6.39. The Morgan fingerprint density at radius 3 is 2.24 bits per heavy atom. The van der Waals surface area contributed by atoms with Crippen LogP contribution < -0.4 is 18.9 Å². The van der Waals surface area contributed by atoms with Crippen LogP contribution in [0.1, 0.15) is 17.2 Å². The van der Waals surface area contributed by atoms with Crippen LogP contribution in [0.15, 0.2) is 47.1 Å². The number of methoxy groups -OCH3 is 4. The molecule has 0 radical (unpaired) electrons. The molecule has 2 aromatic carbocycles. The van der Waals surface area contributed by atoms with Crippen LogP contribution in [-0.4, -0.2) is 82.5 Å². The SMILES string of the molecule is COc1ccc(/C=C2\CN(C)CC3C2=NN(CCO)C3c2ccc(OC)c(OC)c2)cc1OC. The second-order valence-corrected chi connectivity index (χ2v) is 8.52. The van der Waals surface area contributed by atoms with Gasteiger partial charge in [-0.2, -0.15) is 5.10 Å². The lowest BCUT2D eigenvalue weighted by Crippen LogP contribution is -2.42. The fraction of sp³-hybridized carbons (Fsp3) is 0.423. The van der Waals surface area contributed by atoms with E-state index in [1.807, 2.05) is 35.3 Å². The fourth-order valence-corrected chi connectivity index (χ4v) is 4.89. The summed E-state index contributed by atoms with van der Waals surface area (Å²) in [5.74, 6) is 2.91. The van der Waals surface area contributed by atoms with Crippen molar-refractivity contribution in [3.05, 3.63) is 53.1 Å². The number of benzene rings is 2. The number of fused-ring (bicyclic) bond motifs is 1. The standard InChI is InChI=1S/C26H33N3O5/c1-28-15-19(12-17-6-8-21(31-2)23(13-17)33-4)25-20(16-28)26(29(27-25)10-11-30)18-7-9-22(32-3)24(14-18)34-5/h6-9,12-14,20,26,30H,10-11,15-16H2,1-5H3/b19-12+. The van der Waals surface area contributed by atoms with Gasteiger partial charge in [-0.15, -0.1) is 0 Å². The van der Waals surface area contributed by atoms with Gasteiger partial charge in [-0.1, -0.05) is 12.1 Å². The molecule has 2 aliphatic heterocycles. The van der Waals surface area contributed by atoms with Crippen molar-refractivity contribution in [2.24, 2.45) is 11.0 Å². The molecule has 1 N–H and O–H groups in total. The molecular weight excluding hydrogens is 434 g/mol. The van der Waals surface area contributed by atoms with Crippen LogP contribution in [0.4, 0.5) is 0 Å². The summed E-state index contributed by atoms with van der Waals surface area (Å²) < 4.78 is 21.8. The Kier molecular flexibility index (Phi) is 7.29. The second kappa shape index (κ2) is 10.4. The van der Waals surface area contributed by atoms with E-state index in [-0.39, 0.29) is 18.6 Å². The van der Waals surface area contributed by atoms with Crippen molar-refractivity contribution in [3.63, 3.8) is 0 Å². The fourth-order valence-electron chi connectivity index (χ4n) is 4.89. The third-order valence-corrected chi connectivity index (χ3v) is 6.39.